The molecule has 1 aromatic heterocycles. The van der Waals surface area contributed by atoms with Crippen LogP contribution in [0.2, 0.25) is 0 Å². The molecule has 2 aromatic rings. The van der Waals surface area contributed by atoms with Crippen molar-refractivity contribution in [2.24, 2.45) is 0 Å². The third kappa shape index (κ3) is 3.99. The van der Waals surface area contributed by atoms with Crippen molar-refractivity contribution in [3.05, 3.63) is 35.6 Å². The minimum atomic E-state index is -0.0397. The number of amides is 2. The first-order valence-electron chi connectivity index (χ1n) is 9.28. The summed E-state index contributed by atoms with van der Waals surface area (Å²) in [5.74, 6) is 0.725. The SMILES string of the molecule is CCOc1cc2occ(C)c2cc1/C(C)=C/C(=O)N1CCN(C(C)=O)CC1. The summed E-state index contributed by atoms with van der Waals surface area (Å²) in [5, 5.41) is 1.02. The van der Waals surface area contributed by atoms with Crippen LogP contribution in [0.4, 0.5) is 0 Å². The van der Waals surface area contributed by atoms with Crippen molar-refractivity contribution in [1.29, 1.82) is 0 Å². The molecule has 6 heteroatoms. The van der Waals surface area contributed by atoms with Crippen molar-refractivity contribution in [3.63, 3.8) is 0 Å². The molecule has 1 aromatic carbocycles. The Balaban J connectivity index is 1.84. The van der Waals surface area contributed by atoms with Crippen LogP contribution in [-0.2, 0) is 9.59 Å². The van der Waals surface area contributed by atoms with E-state index in [1.165, 1.54) is 0 Å². The number of aryl methyl sites for hydroxylation is 1. The maximum absolute atomic E-state index is 12.7. The molecule has 2 heterocycles. The minimum absolute atomic E-state index is 0.0397. The number of benzene rings is 1. The Bertz CT molecular complexity index is 889. The van der Waals surface area contributed by atoms with Gasteiger partial charge >= 0.3 is 0 Å². The fourth-order valence-corrected chi connectivity index (χ4v) is 3.36. The number of carbonyl (C=O) groups excluding carboxylic acids is 2. The van der Waals surface area contributed by atoms with E-state index in [4.69, 9.17) is 9.15 Å². The molecular weight excluding hydrogens is 344 g/mol. The molecule has 1 fully saturated rings. The zero-order chi connectivity index (χ0) is 19.6. The first-order valence-corrected chi connectivity index (χ1v) is 9.28. The molecule has 3 rings (SSSR count). The van der Waals surface area contributed by atoms with E-state index in [1.807, 2.05) is 32.9 Å². The molecule has 0 atom stereocenters. The van der Waals surface area contributed by atoms with Crippen LogP contribution in [-0.4, -0.2) is 54.4 Å². The van der Waals surface area contributed by atoms with Crippen LogP contribution in [0.15, 0.2) is 28.9 Å². The molecule has 0 aliphatic carbocycles. The van der Waals surface area contributed by atoms with Gasteiger partial charge in [0, 0.05) is 56.2 Å². The number of piperazine rings is 1. The third-order valence-electron chi connectivity index (χ3n) is 4.97. The largest absolute Gasteiger partial charge is 0.493 e. The molecule has 0 spiro atoms. The number of carbonyl (C=O) groups is 2. The molecule has 0 bridgehead atoms. The number of nitrogens with zero attached hydrogens (tertiary/aromatic N) is 2. The Hall–Kier alpha value is -2.76. The summed E-state index contributed by atoms with van der Waals surface area (Å²) in [4.78, 5) is 27.7. The van der Waals surface area contributed by atoms with E-state index < -0.39 is 0 Å². The molecule has 1 aliphatic heterocycles. The second-order valence-electron chi connectivity index (χ2n) is 6.85. The summed E-state index contributed by atoms with van der Waals surface area (Å²) >= 11 is 0. The van der Waals surface area contributed by atoms with Crippen LogP contribution < -0.4 is 4.74 Å². The Morgan fingerprint density at radius 3 is 2.44 bits per heavy atom. The zero-order valence-electron chi connectivity index (χ0n) is 16.4. The van der Waals surface area contributed by atoms with Gasteiger partial charge in [-0.2, -0.15) is 0 Å². The number of allylic oxidation sites excluding steroid dienone is 1. The van der Waals surface area contributed by atoms with Gasteiger partial charge in [-0.15, -0.1) is 0 Å². The van der Waals surface area contributed by atoms with Crippen molar-refractivity contribution in [2.75, 3.05) is 32.8 Å². The van der Waals surface area contributed by atoms with Gasteiger partial charge in [0.1, 0.15) is 11.3 Å². The van der Waals surface area contributed by atoms with Crippen molar-refractivity contribution in [1.82, 2.24) is 9.80 Å². The van der Waals surface area contributed by atoms with Crippen LogP contribution in [0, 0.1) is 6.92 Å². The average molecular weight is 370 g/mol. The van der Waals surface area contributed by atoms with E-state index in [2.05, 4.69) is 0 Å². The molecule has 1 aliphatic rings. The lowest BCUT2D eigenvalue weighted by atomic mass is 10.0. The highest BCUT2D eigenvalue weighted by atomic mass is 16.5. The summed E-state index contributed by atoms with van der Waals surface area (Å²) in [6.45, 7) is 10.2. The quantitative estimate of drug-likeness (QED) is 0.775. The molecule has 1 saturated heterocycles. The van der Waals surface area contributed by atoms with Crippen LogP contribution in [0.1, 0.15) is 31.9 Å². The standard InChI is InChI=1S/C21H26N2O4/c1-5-26-19-12-20-18(15(3)13-27-20)11-17(19)14(2)10-21(25)23-8-6-22(7-9-23)16(4)24/h10-13H,5-9H2,1-4H3/b14-10+. The Morgan fingerprint density at radius 1 is 1.15 bits per heavy atom. The summed E-state index contributed by atoms with van der Waals surface area (Å²) < 4.78 is 11.3. The second kappa shape index (κ2) is 7.86. The van der Waals surface area contributed by atoms with Crippen LogP contribution in [0.3, 0.4) is 0 Å². The minimum Gasteiger partial charge on any atom is -0.493 e. The van der Waals surface area contributed by atoms with Crippen LogP contribution in [0.25, 0.3) is 16.5 Å². The summed E-state index contributed by atoms with van der Waals surface area (Å²) in [6.07, 6.45) is 3.38. The molecule has 0 saturated carbocycles. The van der Waals surface area contributed by atoms with E-state index in [-0.39, 0.29) is 11.8 Å². The zero-order valence-corrected chi connectivity index (χ0v) is 16.4. The van der Waals surface area contributed by atoms with E-state index in [9.17, 15) is 9.59 Å². The third-order valence-corrected chi connectivity index (χ3v) is 4.97. The molecule has 144 valence electrons. The van der Waals surface area contributed by atoms with Crippen molar-refractivity contribution < 1.29 is 18.7 Å². The maximum Gasteiger partial charge on any atom is 0.246 e. The van der Waals surface area contributed by atoms with Gasteiger partial charge in [0.25, 0.3) is 0 Å². The first-order chi connectivity index (χ1) is 12.9. The van der Waals surface area contributed by atoms with E-state index in [0.29, 0.717) is 38.5 Å². The summed E-state index contributed by atoms with van der Waals surface area (Å²) in [7, 11) is 0. The molecule has 6 nitrogen and oxygen atoms in total. The predicted octanol–water partition coefficient (Wildman–Crippen LogP) is 3.23. The van der Waals surface area contributed by atoms with Crippen molar-refractivity contribution in [2.45, 2.75) is 27.7 Å². The number of hydrogen-bond donors (Lipinski definition) is 0. The second-order valence-corrected chi connectivity index (χ2v) is 6.85. The van der Waals surface area contributed by atoms with Crippen molar-refractivity contribution in [3.8, 4) is 5.75 Å². The van der Waals surface area contributed by atoms with Gasteiger partial charge in [0.05, 0.1) is 12.9 Å². The molecule has 27 heavy (non-hydrogen) atoms. The first kappa shape index (κ1) is 19.0. The van der Waals surface area contributed by atoms with Gasteiger partial charge in [-0.1, -0.05) is 0 Å². The highest BCUT2D eigenvalue weighted by Crippen LogP contribution is 2.33. The number of rotatable bonds is 4. The molecule has 2 amide bonds. The number of furan rings is 1. The summed E-state index contributed by atoms with van der Waals surface area (Å²) in [6, 6.07) is 3.90. The lowest BCUT2D eigenvalue weighted by Crippen LogP contribution is -2.49. The number of hydrogen-bond acceptors (Lipinski definition) is 4. The van der Waals surface area contributed by atoms with E-state index in [0.717, 1.165) is 27.7 Å². The lowest BCUT2D eigenvalue weighted by molar-refractivity contribution is -0.135. The predicted molar refractivity (Wildman–Crippen MR) is 105 cm³/mol. The fraction of sp³-hybridized carbons (Fsp3) is 0.429. The highest BCUT2D eigenvalue weighted by molar-refractivity contribution is 5.97. The van der Waals surface area contributed by atoms with Gasteiger partial charge < -0.3 is 19.0 Å². The van der Waals surface area contributed by atoms with Gasteiger partial charge in [0.15, 0.2) is 0 Å². The lowest BCUT2D eigenvalue weighted by Gasteiger charge is -2.33. The maximum atomic E-state index is 12.7. The molecule has 0 N–H and O–H groups in total. The van der Waals surface area contributed by atoms with Crippen molar-refractivity contribution >= 4 is 28.4 Å². The average Bonchev–Trinajstić information content (AvgIpc) is 3.01. The number of fused-ring (bicyclic) bond motifs is 1. The normalized spacial score (nSPS) is 15.3. The van der Waals surface area contributed by atoms with Gasteiger partial charge in [0.2, 0.25) is 11.8 Å². The topological polar surface area (TPSA) is 63.0 Å². The molecule has 0 radical (unpaired) electrons. The molecule has 0 unspecified atom stereocenters. The van der Waals surface area contributed by atoms with Gasteiger partial charge in [-0.3, -0.25) is 9.59 Å². The molecular formula is C21H26N2O4. The fourth-order valence-electron chi connectivity index (χ4n) is 3.36. The Kier molecular flexibility index (Phi) is 5.54. The van der Waals surface area contributed by atoms with Crippen LogP contribution in [0.5, 0.6) is 5.75 Å². The van der Waals surface area contributed by atoms with Crippen LogP contribution >= 0.6 is 0 Å². The van der Waals surface area contributed by atoms with E-state index >= 15 is 0 Å². The summed E-state index contributed by atoms with van der Waals surface area (Å²) in [5.41, 5.74) is 3.57. The highest BCUT2D eigenvalue weighted by Gasteiger charge is 2.22. The van der Waals surface area contributed by atoms with E-state index in [1.54, 1.807) is 29.1 Å². The van der Waals surface area contributed by atoms with Gasteiger partial charge in [-0.25, -0.2) is 0 Å². The smallest absolute Gasteiger partial charge is 0.246 e. The Morgan fingerprint density at radius 2 is 1.81 bits per heavy atom. The number of ether oxygens (including phenoxy) is 1. The van der Waals surface area contributed by atoms with Gasteiger partial charge in [-0.05, 0) is 38.0 Å². The Labute approximate surface area is 159 Å². The monoisotopic (exact) mass is 370 g/mol.